The number of benzene rings is 2. The van der Waals surface area contributed by atoms with Crippen molar-refractivity contribution < 1.29 is 0 Å². The van der Waals surface area contributed by atoms with Gasteiger partial charge in [-0.1, -0.05) is 60.7 Å². The topological polar surface area (TPSA) is 72.3 Å². The maximum Gasteiger partial charge on any atom is 0.108 e. The minimum atomic E-state index is -0.449. The van der Waals surface area contributed by atoms with Crippen LogP contribution in [0.3, 0.4) is 0 Å². The Morgan fingerprint density at radius 3 is 1.36 bits per heavy atom. The highest BCUT2D eigenvalue weighted by molar-refractivity contribution is 5.74. The fourth-order valence-electron chi connectivity index (χ4n) is 1.92. The molecule has 0 aliphatic heterocycles. The van der Waals surface area contributed by atoms with E-state index < -0.39 is 11.8 Å². The van der Waals surface area contributed by atoms with Crippen LogP contribution in [-0.2, 0) is 0 Å². The number of rotatable bonds is 5. The summed E-state index contributed by atoms with van der Waals surface area (Å²) in [4.78, 5) is 0. The highest BCUT2D eigenvalue weighted by atomic mass is 15.2. The van der Waals surface area contributed by atoms with Crippen molar-refractivity contribution in [1.29, 1.82) is 10.5 Å². The Kier molecular flexibility index (Phi) is 5.61. The first-order chi connectivity index (χ1) is 10.8. The van der Waals surface area contributed by atoms with Gasteiger partial charge in [0.2, 0.25) is 0 Å². The molecule has 0 aliphatic carbocycles. The van der Waals surface area contributed by atoms with Gasteiger partial charge in [-0.05, 0) is 11.1 Å². The van der Waals surface area contributed by atoms with Gasteiger partial charge in [0.25, 0.3) is 0 Å². The molecule has 0 bridgehead atoms. The summed E-state index contributed by atoms with van der Waals surface area (Å²) in [5.41, 5.74) is 1.73. The maximum atomic E-state index is 9.17. The van der Waals surface area contributed by atoms with E-state index in [4.69, 9.17) is 10.5 Å². The zero-order valence-corrected chi connectivity index (χ0v) is 11.9. The largest absolute Gasteiger partial charge is 0.197 e. The van der Waals surface area contributed by atoms with Crippen LogP contribution < -0.4 is 0 Å². The Hall–Kier alpha value is -3.24. The summed E-state index contributed by atoms with van der Waals surface area (Å²) in [7, 11) is 0. The summed E-state index contributed by atoms with van der Waals surface area (Å²) in [6, 6.07) is 23.1. The van der Waals surface area contributed by atoms with Crippen LogP contribution in [0.5, 0.6) is 0 Å². The molecule has 0 fully saturated rings. The molecule has 2 aromatic rings. The van der Waals surface area contributed by atoms with E-state index in [1.54, 1.807) is 0 Å². The molecular formula is C18H14N4. The Bertz CT molecular complexity index is 656. The third kappa shape index (κ3) is 4.13. The van der Waals surface area contributed by atoms with Crippen LogP contribution in [0.4, 0.5) is 0 Å². The monoisotopic (exact) mass is 286 g/mol. The predicted molar refractivity (Wildman–Crippen MR) is 86.6 cm³/mol. The standard InChI is InChI=1S/C18H14N4/c19-11-17(15-7-3-1-4-8-15)13-21-22-14-18(12-20)16-9-5-2-6-10-16/h1-10,13-14,17-18H/b21-13-,22-14-/t17-,18-/m0/s1. The Labute approximate surface area is 129 Å². The van der Waals surface area contributed by atoms with Gasteiger partial charge in [-0.25, -0.2) is 0 Å². The van der Waals surface area contributed by atoms with E-state index in [2.05, 4.69) is 22.3 Å². The fraction of sp³-hybridized carbons (Fsp3) is 0.111. The molecule has 0 N–H and O–H groups in total. The van der Waals surface area contributed by atoms with Crippen molar-refractivity contribution in [3.63, 3.8) is 0 Å². The van der Waals surface area contributed by atoms with Crippen LogP contribution >= 0.6 is 0 Å². The molecule has 2 rings (SSSR count). The Balaban J connectivity index is 2.05. The van der Waals surface area contributed by atoms with Crippen LogP contribution in [0.1, 0.15) is 23.0 Å². The first-order valence-corrected chi connectivity index (χ1v) is 6.81. The summed E-state index contributed by atoms with van der Waals surface area (Å²) in [6.45, 7) is 0. The highest BCUT2D eigenvalue weighted by Crippen LogP contribution is 2.13. The van der Waals surface area contributed by atoms with Gasteiger partial charge in [0.15, 0.2) is 0 Å². The quantitative estimate of drug-likeness (QED) is 0.621. The van der Waals surface area contributed by atoms with Crippen LogP contribution in [0.25, 0.3) is 0 Å². The van der Waals surface area contributed by atoms with E-state index in [1.165, 1.54) is 12.4 Å². The van der Waals surface area contributed by atoms with Crippen molar-refractivity contribution in [3.8, 4) is 12.1 Å². The summed E-state index contributed by atoms with van der Waals surface area (Å²) in [5, 5.41) is 26.1. The molecule has 106 valence electrons. The van der Waals surface area contributed by atoms with Crippen LogP contribution in [0.2, 0.25) is 0 Å². The molecule has 0 heterocycles. The fourth-order valence-corrected chi connectivity index (χ4v) is 1.92. The van der Waals surface area contributed by atoms with Gasteiger partial charge in [-0.15, -0.1) is 0 Å². The lowest BCUT2D eigenvalue weighted by molar-refractivity contribution is 1.11. The van der Waals surface area contributed by atoms with Gasteiger partial charge >= 0.3 is 0 Å². The van der Waals surface area contributed by atoms with E-state index >= 15 is 0 Å². The van der Waals surface area contributed by atoms with Crippen LogP contribution in [-0.4, -0.2) is 12.4 Å². The van der Waals surface area contributed by atoms with Gasteiger partial charge in [0, 0.05) is 12.4 Å². The molecule has 4 nitrogen and oxygen atoms in total. The van der Waals surface area contributed by atoms with E-state index in [9.17, 15) is 0 Å². The summed E-state index contributed by atoms with van der Waals surface area (Å²) >= 11 is 0. The molecule has 0 spiro atoms. The minimum Gasteiger partial charge on any atom is -0.197 e. The molecule has 0 radical (unpaired) electrons. The number of nitriles is 2. The van der Waals surface area contributed by atoms with Crippen molar-refractivity contribution in [2.45, 2.75) is 11.8 Å². The summed E-state index contributed by atoms with van der Waals surface area (Å²) in [6.07, 6.45) is 2.95. The van der Waals surface area contributed by atoms with Gasteiger partial charge in [0.1, 0.15) is 11.8 Å². The van der Waals surface area contributed by atoms with Crippen molar-refractivity contribution >= 4 is 12.4 Å². The van der Waals surface area contributed by atoms with Crippen molar-refractivity contribution in [3.05, 3.63) is 71.8 Å². The SMILES string of the molecule is N#C[C@@H](/C=N\N=C/[C@H](C#N)c1ccccc1)c1ccccc1. The zero-order chi connectivity index (χ0) is 15.6. The molecule has 0 aliphatic rings. The van der Waals surface area contributed by atoms with Crippen molar-refractivity contribution in [2.24, 2.45) is 10.2 Å². The van der Waals surface area contributed by atoms with Gasteiger partial charge in [0.05, 0.1) is 12.1 Å². The highest BCUT2D eigenvalue weighted by Gasteiger charge is 2.07. The average molecular weight is 286 g/mol. The molecule has 0 unspecified atom stereocenters. The third-order valence-electron chi connectivity index (χ3n) is 3.09. The smallest absolute Gasteiger partial charge is 0.108 e. The zero-order valence-electron chi connectivity index (χ0n) is 11.9. The van der Waals surface area contributed by atoms with Crippen molar-refractivity contribution in [2.75, 3.05) is 0 Å². The molecule has 0 aromatic heterocycles. The lowest BCUT2D eigenvalue weighted by Crippen LogP contribution is -1.98. The Morgan fingerprint density at radius 1 is 0.682 bits per heavy atom. The molecule has 4 heteroatoms. The first-order valence-electron chi connectivity index (χ1n) is 6.81. The van der Waals surface area contributed by atoms with Crippen LogP contribution in [0.15, 0.2) is 70.9 Å². The summed E-state index contributed by atoms with van der Waals surface area (Å²) < 4.78 is 0. The van der Waals surface area contributed by atoms with E-state index in [-0.39, 0.29) is 0 Å². The van der Waals surface area contributed by atoms with Crippen LogP contribution in [0, 0.1) is 22.7 Å². The molecular weight excluding hydrogens is 272 g/mol. The number of nitrogens with zero attached hydrogens (tertiary/aromatic N) is 4. The average Bonchev–Trinajstić information content (AvgIpc) is 2.60. The molecule has 22 heavy (non-hydrogen) atoms. The first kappa shape index (κ1) is 15.2. The van der Waals surface area contributed by atoms with E-state index in [1.807, 2.05) is 60.7 Å². The number of hydrogen-bond acceptors (Lipinski definition) is 4. The maximum absolute atomic E-state index is 9.17. The second-order valence-electron chi connectivity index (χ2n) is 4.56. The summed E-state index contributed by atoms with van der Waals surface area (Å²) in [5.74, 6) is -0.897. The lowest BCUT2D eigenvalue weighted by Gasteiger charge is -2.02. The predicted octanol–water partition coefficient (Wildman–Crippen LogP) is 3.66. The van der Waals surface area contributed by atoms with E-state index in [0.717, 1.165) is 11.1 Å². The van der Waals surface area contributed by atoms with Gasteiger partial charge in [-0.3, -0.25) is 0 Å². The minimum absolute atomic E-state index is 0.449. The third-order valence-corrected chi connectivity index (χ3v) is 3.09. The molecule has 2 atom stereocenters. The normalized spacial score (nSPS) is 13.5. The molecule has 0 amide bonds. The second kappa shape index (κ2) is 8.14. The molecule has 0 saturated heterocycles. The molecule has 0 saturated carbocycles. The Morgan fingerprint density at radius 2 is 1.05 bits per heavy atom. The number of hydrogen-bond donors (Lipinski definition) is 0. The van der Waals surface area contributed by atoms with Gasteiger partial charge in [-0.2, -0.15) is 20.7 Å². The second-order valence-corrected chi connectivity index (χ2v) is 4.56. The van der Waals surface area contributed by atoms with Gasteiger partial charge < -0.3 is 0 Å². The van der Waals surface area contributed by atoms with Crippen molar-refractivity contribution in [1.82, 2.24) is 0 Å². The van der Waals surface area contributed by atoms with E-state index in [0.29, 0.717) is 0 Å². The lowest BCUT2D eigenvalue weighted by atomic mass is 10.0. The molecule has 2 aromatic carbocycles.